The quantitative estimate of drug-likeness (QED) is 0.374. The molecule has 0 aliphatic carbocycles. The lowest BCUT2D eigenvalue weighted by Crippen LogP contribution is -2.06. The Morgan fingerprint density at radius 2 is 1.40 bits per heavy atom. The van der Waals surface area contributed by atoms with Crippen LogP contribution >= 0.6 is 7.82 Å². The highest BCUT2D eigenvalue weighted by Gasteiger charge is 2.00. The number of rotatable bonds is 4. The Morgan fingerprint density at radius 3 is 1.60 bits per heavy atom. The summed E-state index contributed by atoms with van der Waals surface area (Å²) in [6.07, 6.45) is 2.24. The normalized spacial score (nSPS) is 9.27. The summed E-state index contributed by atoms with van der Waals surface area (Å²) in [5.41, 5.74) is 0. The van der Waals surface area contributed by atoms with Gasteiger partial charge in [0.2, 0.25) is 0 Å². The number of hydrogen-bond acceptors (Lipinski definition) is 4. The summed E-state index contributed by atoms with van der Waals surface area (Å²) in [5, 5.41) is 0. The molecular weight excluding hydrogens is 227 g/mol. The van der Waals surface area contributed by atoms with Gasteiger partial charge in [-0.05, 0) is 0 Å². The minimum absolute atomic E-state index is 0.177. The van der Waals surface area contributed by atoms with Gasteiger partial charge in [-0.25, -0.2) is 9.36 Å². The van der Waals surface area contributed by atoms with E-state index in [4.69, 9.17) is 19.2 Å². The number of carbonyl (C=O) groups is 1. The third kappa shape index (κ3) is 32.2. The molecule has 0 aromatic rings. The molecule has 88 valence electrons. The molecule has 0 aromatic carbocycles. The van der Waals surface area contributed by atoms with E-state index in [9.17, 15) is 4.79 Å². The maximum Gasteiger partial charge on any atom is 0.508 e. The first-order valence-electron chi connectivity index (χ1n) is 3.61. The van der Waals surface area contributed by atoms with Gasteiger partial charge in [-0.1, -0.05) is 25.3 Å². The first kappa shape index (κ1) is 16.3. The summed E-state index contributed by atoms with van der Waals surface area (Å²) in [4.78, 5) is 32.0. The molecular formula is C7H13O7P. The maximum absolute atomic E-state index is 10.4. The first-order valence-corrected chi connectivity index (χ1v) is 5.17. The molecule has 0 saturated carbocycles. The van der Waals surface area contributed by atoms with E-state index in [1.807, 2.05) is 0 Å². The largest absolute Gasteiger partial charge is 0.508 e. The molecule has 0 amide bonds. The van der Waals surface area contributed by atoms with Crippen molar-refractivity contribution in [3.05, 3.63) is 25.3 Å². The fourth-order valence-corrected chi connectivity index (χ4v) is 0.296. The summed E-state index contributed by atoms with van der Waals surface area (Å²) in [6, 6.07) is 0. The van der Waals surface area contributed by atoms with Crippen molar-refractivity contribution in [3.8, 4) is 0 Å². The standard InChI is InChI=1S/C7H10O3.H3O4P/c1-3-5-9-7(8)10-6-4-2;1-5(2,3)4/h3-4H,1-2,5-6H2;(H3,1,2,3,4). The fraction of sp³-hybridized carbons (Fsp3) is 0.286. The third-order valence-electron chi connectivity index (χ3n) is 0.638. The van der Waals surface area contributed by atoms with Gasteiger partial charge in [0.05, 0.1) is 0 Å². The van der Waals surface area contributed by atoms with Gasteiger partial charge in [0.1, 0.15) is 13.2 Å². The van der Waals surface area contributed by atoms with Crippen LogP contribution in [-0.2, 0) is 14.0 Å². The molecule has 0 saturated heterocycles. The number of phosphoric acid groups is 1. The van der Waals surface area contributed by atoms with Crippen molar-refractivity contribution in [2.24, 2.45) is 0 Å². The molecule has 0 fully saturated rings. The molecule has 0 atom stereocenters. The Bertz CT molecular complexity index is 221. The minimum Gasteiger partial charge on any atom is -0.430 e. The van der Waals surface area contributed by atoms with E-state index in [0.717, 1.165) is 0 Å². The lowest BCUT2D eigenvalue weighted by molar-refractivity contribution is 0.0718. The van der Waals surface area contributed by atoms with Crippen LogP contribution in [0.25, 0.3) is 0 Å². The monoisotopic (exact) mass is 240 g/mol. The van der Waals surface area contributed by atoms with Crippen LogP contribution in [0.2, 0.25) is 0 Å². The highest BCUT2D eigenvalue weighted by atomic mass is 31.2. The highest BCUT2D eigenvalue weighted by molar-refractivity contribution is 7.45. The van der Waals surface area contributed by atoms with Crippen LogP contribution in [0.5, 0.6) is 0 Å². The summed E-state index contributed by atoms with van der Waals surface area (Å²) in [6.45, 7) is 7.07. The van der Waals surface area contributed by atoms with E-state index in [0.29, 0.717) is 0 Å². The summed E-state index contributed by atoms with van der Waals surface area (Å²) >= 11 is 0. The lowest BCUT2D eigenvalue weighted by Gasteiger charge is -1.99. The molecule has 8 heteroatoms. The molecule has 0 bridgehead atoms. The van der Waals surface area contributed by atoms with Gasteiger partial charge in [-0.3, -0.25) is 0 Å². The zero-order valence-electron chi connectivity index (χ0n) is 7.90. The summed E-state index contributed by atoms with van der Waals surface area (Å²) < 4.78 is 17.8. The Balaban J connectivity index is 0. The average molecular weight is 240 g/mol. The second-order valence-electron chi connectivity index (χ2n) is 1.96. The van der Waals surface area contributed by atoms with Crippen LogP contribution < -0.4 is 0 Å². The van der Waals surface area contributed by atoms with Crippen molar-refractivity contribution in [2.45, 2.75) is 0 Å². The van der Waals surface area contributed by atoms with Crippen molar-refractivity contribution in [3.63, 3.8) is 0 Å². The van der Waals surface area contributed by atoms with Crippen molar-refractivity contribution in [2.75, 3.05) is 13.2 Å². The SMILES string of the molecule is C=CCOC(=O)OCC=C.O=P(O)(O)O. The van der Waals surface area contributed by atoms with Crippen LogP contribution in [0.4, 0.5) is 4.79 Å². The molecule has 0 aromatic heterocycles. The van der Waals surface area contributed by atoms with E-state index < -0.39 is 14.0 Å². The first-order chi connectivity index (χ1) is 6.81. The molecule has 0 unspecified atom stereocenters. The number of carbonyl (C=O) groups excluding carboxylic acids is 1. The molecule has 0 aliphatic rings. The van der Waals surface area contributed by atoms with Crippen LogP contribution in [0.15, 0.2) is 25.3 Å². The zero-order chi connectivity index (χ0) is 12.3. The van der Waals surface area contributed by atoms with E-state index in [2.05, 4.69) is 22.6 Å². The van der Waals surface area contributed by atoms with Gasteiger partial charge in [0.15, 0.2) is 0 Å². The van der Waals surface area contributed by atoms with Crippen molar-refractivity contribution >= 4 is 14.0 Å². The molecule has 0 spiro atoms. The van der Waals surface area contributed by atoms with E-state index in [1.165, 1.54) is 12.2 Å². The van der Waals surface area contributed by atoms with E-state index >= 15 is 0 Å². The third-order valence-corrected chi connectivity index (χ3v) is 0.638. The molecule has 7 nitrogen and oxygen atoms in total. The fourth-order valence-electron chi connectivity index (χ4n) is 0.296. The second-order valence-corrected chi connectivity index (χ2v) is 2.99. The molecule has 15 heavy (non-hydrogen) atoms. The van der Waals surface area contributed by atoms with Gasteiger partial charge in [-0.15, -0.1) is 0 Å². The molecule has 0 aliphatic heterocycles. The van der Waals surface area contributed by atoms with E-state index in [1.54, 1.807) is 0 Å². The number of hydrogen-bond donors (Lipinski definition) is 3. The molecule has 0 radical (unpaired) electrons. The average Bonchev–Trinajstić information content (AvgIpc) is 2.08. The van der Waals surface area contributed by atoms with Crippen LogP contribution in [0, 0.1) is 0 Å². The van der Waals surface area contributed by atoms with E-state index in [-0.39, 0.29) is 13.2 Å². The van der Waals surface area contributed by atoms with Crippen molar-refractivity contribution in [1.82, 2.24) is 0 Å². The zero-order valence-corrected chi connectivity index (χ0v) is 8.80. The lowest BCUT2D eigenvalue weighted by atomic mass is 10.7. The highest BCUT2D eigenvalue weighted by Crippen LogP contribution is 2.25. The van der Waals surface area contributed by atoms with Gasteiger partial charge in [0.25, 0.3) is 0 Å². The molecule has 0 rings (SSSR count). The van der Waals surface area contributed by atoms with Crippen LogP contribution in [-0.4, -0.2) is 34.0 Å². The van der Waals surface area contributed by atoms with Crippen LogP contribution in [0.1, 0.15) is 0 Å². The summed E-state index contributed by atoms with van der Waals surface area (Å²) in [5.74, 6) is 0. The second kappa shape index (κ2) is 9.42. The Kier molecular flexibility index (Phi) is 10.2. The predicted molar refractivity (Wildman–Crippen MR) is 52.0 cm³/mol. The Hall–Kier alpha value is -1.14. The minimum atomic E-state index is -4.64. The molecule has 3 N–H and O–H groups in total. The Morgan fingerprint density at radius 1 is 1.13 bits per heavy atom. The smallest absolute Gasteiger partial charge is 0.430 e. The van der Waals surface area contributed by atoms with Crippen molar-refractivity contribution in [1.29, 1.82) is 0 Å². The predicted octanol–water partition coefficient (Wildman–Crippen LogP) is 0.583. The van der Waals surface area contributed by atoms with Gasteiger partial charge < -0.3 is 24.2 Å². The van der Waals surface area contributed by atoms with Gasteiger partial charge in [-0.2, -0.15) is 0 Å². The van der Waals surface area contributed by atoms with Gasteiger partial charge >= 0.3 is 14.0 Å². The van der Waals surface area contributed by atoms with Crippen molar-refractivity contribution < 1.29 is 33.5 Å². The van der Waals surface area contributed by atoms with Crippen LogP contribution in [0.3, 0.4) is 0 Å². The Labute approximate surface area is 86.9 Å². The maximum atomic E-state index is 10.4. The number of ether oxygens (including phenoxy) is 2. The van der Waals surface area contributed by atoms with Gasteiger partial charge in [0, 0.05) is 0 Å². The topological polar surface area (TPSA) is 113 Å². The molecule has 0 heterocycles. The summed E-state index contributed by atoms with van der Waals surface area (Å²) in [7, 11) is -4.64.